The van der Waals surface area contributed by atoms with Crippen molar-refractivity contribution in [3.05, 3.63) is 101 Å². The number of benzene rings is 3. The van der Waals surface area contributed by atoms with E-state index >= 15 is 0 Å². The number of hydrogen-bond donors (Lipinski definition) is 0. The van der Waals surface area contributed by atoms with Gasteiger partial charge in [0, 0.05) is 22.7 Å². The van der Waals surface area contributed by atoms with Crippen LogP contribution in [0.25, 0.3) is 29.1 Å². The van der Waals surface area contributed by atoms with Gasteiger partial charge in [-0.1, -0.05) is 66.7 Å². The van der Waals surface area contributed by atoms with E-state index in [-0.39, 0.29) is 41.7 Å². The summed E-state index contributed by atoms with van der Waals surface area (Å²) in [5.74, 6) is -1.69. The molecule has 3 aromatic carbocycles. The summed E-state index contributed by atoms with van der Waals surface area (Å²) in [5, 5.41) is 21.9. The molecule has 2 heterocycles. The fourth-order valence-electron chi connectivity index (χ4n) is 4.27. The first-order chi connectivity index (χ1) is 16.6. The van der Waals surface area contributed by atoms with Crippen LogP contribution < -0.4 is 39.6 Å². The van der Waals surface area contributed by atoms with Gasteiger partial charge in [0.05, 0.1) is 23.9 Å². The van der Waals surface area contributed by atoms with Crippen molar-refractivity contribution in [3.63, 3.8) is 0 Å². The molecule has 1 aliphatic heterocycles. The van der Waals surface area contributed by atoms with Crippen molar-refractivity contribution in [2.24, 2.45) is 0 Å². The largest absolute Gasteiger partial charge is 1.00 e. The van der Waals surface area contributed by atoms with E-state index in [1.165, 1.54) is 10.6 Å². The number of carbonyl (C=O) groups is 2. The molecule has 1 aliphatic rings. The van der Waals surface area contributed by atoms with Crippen LogP contribution in [-0.4, -0.2) is 16.4 Å². The summed E-state index contributed by atoms with van der Waals surface area (Å²) < 4.78 is 1.54. The molecular weight excluding hydrogens is 449 g/mol. The van der Waals surface area contributed by atoms with Gasteiger partial charge in [0.15, 0.2) is 0 Å². The molecule has 1 aromatic heterocycles. The first kappa shape index (κ1) is 24.2. The van der Waals surface area contributed by atoms with Gasteiger partial charge in [0.2, 0.25) is 0 Å². The SMILES string of the molecule is N#C/C(=C\c1cn(CC(=O)[O-])c2ccccc12)C(=O)N1c2ccccc2C=Cc2ccccc21.[Na+]. The number of hydrogen-bond acceptors (Lipinski definition) is 4. The molecule has 0 spiro atoms. The summed E-state index contributed by atoms with van der Waals surface area (Å²) in [7, 11) is 0. The predicted octanol–water partition coefficient (Wildman–Crippen LogP) is 1.15. The number of carbonyl (C=O) groups excluding carboxylic acids is 2. The van der Waals surface area contributed by atoms with E-state index in [0.717, 1.165) is 16.5 Å². The van der Waals surface area contributed by atoms with Crippen molar-refractivity contribution >= 4 is 52.4 Å². The summed E-state index contributed by atoms with van der Waals surface area (Å²) in [6.45, 7) is -0.331. The fraction of sp³-hybridized carbons (Fsp3) is 0.0357. The van der Waals surface area contributed by atoms with E-state index in [1.807, 2.05) is 72.8 Å². The molecule has 7 heteroatoms. The second-order valence-corrected chi connectivity index (χ2v) is 7.86. The number of aromatic nitrogens is 1. The standard InChI is InChI=1S/C28H19N3O3.Na/c29-16-21(15-22-17-30(18-27(32)33)26-12-6-3-9-23(22)26)28(34)31-24-10-4-1-7-19(24)13-14-20-8-2-5-11-25(20)31;/h1-15,17H,18H2,(H,32,33);/q;+1/p-1/b21-15+;. The minimum Gasteiger partial charge on any atom is -0.548 e. The van der Waals surface area contributed by atoms with Crippen LogP contribution in [0.2, 0.25) is 0 Å². The number of fused-ring (bicyclic) bond motifs is 3. The number of nitrogens with zero attached hydrogens (tertiary/aromatic N) is 3. The number of anilines is 2. The summed E-state index contributed by atoms with van der Waals surface area (Å²) >= 11 is 0. The van der Waals surface area contributed by atoms with Crippen LogP contribution in [0.5, 0.6) is 0 Å². The molecule has 0 fully saturated rings. The van der Waals surface area contributed by atoms with Gasteiger partial charge in [-0.05, 0) is 35.4 Å². The molecule has 6 nitrogen and oxygen atoms in total. The Morgan fingerprint density at radius 2 is 1.46 bits per heavy atom. The fourth-order valence-corrected chi connectivity index (χ4v) is 4.27. The van der Waals surface area contributed by atoms with Gasteiger partial charge in [-0.15, -0.1) is 0 Å². The number of carboxylic acid groups (broad SMARTS) is 1. The minimum atomic E-state index is -1.22. The molecular formula is C28H18N3NaO3. The number of nitriles is 1. The van der Waals surface area contributed by atoms with Crippen molar-refractivity contribution < 1.29 is 44.3 Å². The van der Waals surface area contributed by atoms with E-state index in [1.54, 1.807) is 23.2 Å². The van der Waals surface area contributed by atoms with Crippen LogP contribution in [-0.2, 0) is 16.1 Å². The zero-order valence-electron chi connectivity index (χ0n) is 19.0. The van der Waals surface area contributed by atoms with Gasteiger partial charge in [-0.3, -0.25) is 9.69 Å². The molecule has 0 atom stereocenters. The molecule has 5 rings (SSSR count). The Morgan fingerprint density at radius 3 is 2.06 bits per heavy atom. The molecule has 35 heavy (non-hydrogen) atoms. The zero-order chi connectivity index (χ0) is 23.7. The van der Waals surface area contributed by atoms with E-state index in [4.69, 9.17) is 0 Å². The normalized spacial score (nSPS) is 12.2. The molecule has 1 amide bonds. The first-order valence-electron chi connectivity index (χ1n) is 10.7. The monoisotopic (exact) mass is 467 g/mol. The van der Waals surface area contributed by atoms with Crippen LogP contribution >= 0.6 is 0 Å². The maximum atomic E-state index is 13.8. The average Bonchev–Trinajstić information content (AvgIpc) is 3.09. The van der Waals surface area contributed by atoms with E-state index in [9.17, 15) is 20.0 Å². The summed E-state index contributed by atoms with van der Waals surface area (Å²) in [5.41, 5.74) is 4.25. The maximum Gasteiger partial charge on any atom is 1.00 e. The second-order valence-electron chi connectivity index (χ2n) is 7.86. The Morgan fingerprint density at radius 1 is 0.886 bits per heavy atom. The maximum absolute atomic E-state index is 13.8. The van der Waals surface area contributed by atoms with Crippen molar-refractivity contribution in [1.82, 2.24) is 4.57 Å². The molecule has 0 saturated carbocycles. The van der Waals surface area contributed by atoms with Crippen LogP contribution in [0, 0.1) is 11.3 Å². The van der Waals surface area contributed by atoms with Crippen LogP contribution in [0.15, 0.2) is 84.6 Å². The number of carboxylic acids is 1. The molecule has 0 bridgehead atoms. The molecule has 0 N–H and O–H groups in total. The van der Waals surface area contributed by atoms with Crippen LogP contribution in [0.4, 0.5) is 11.4 Å². The molecule has 0 aliphatic carbocycles. The Hall–Kier alpha value is -3.89. The third-order valence-corrected chi connectivity index (χ3v) is 5.77. The van der Waals surface area contributed by atoms with E-state index < -0.39 is 11.9 Å². The average molecular weight is 467 g/mol. The smallest absolute Gasteiger partial charge is 0.548 e. The van der Waals surface area contributed by atoms with Gasteiger partial charge in [0.1, 0.15) is 11.6 Å². The predicted molar refractivity (Wildman–Crippen MR) is 129 cm³/mol. The first-order valence-corrected chi connectivity index (χ1v) is 10.7. The zero-order valence-corrected chi connectivity index (χ0v) is 21.0. The Labute approximate surface area is 224 Å². The van der Waals surface area contributed by atoms with E-state index in [0.29, 0.717) is 22.5 Å². The number of aliphatic carboxylic acids is 1. The van der Waals surface area contributed by atoms with Gasteiger partial charge in [-0.25, -0.2) is 0 Å². The third-order valence-electron chi connectivity index (χ3n) is 5.77. The third kappa shape index (κ3) is 4.58. The summed E-state index contributed by atoms with van der Waals surface area (Å²) in [4.78, 5) is 26.6. The van der Waals surface area contributed by atoms with Crippen LogP contribution in [0.3, 0.4) is 0 Å². The van der Waals surface area contributed by atoms with Crippen molar-refractivity contribution in [2.75, 3.05) is 4.90 Å². The topological polar surface area (TPSA) is 89.2 Å². The van der Waals surface area contributed by atoms with Crippen LogP contribution in [0.1, 0.15) is 16.7 Å². The summed E-state index contributed by atoms with van der Waals surface area (Å²) in [6, 6.07) is 24.3. The Kier molecular flexibility index (Phi) is 7.04. The molecule has 164 valence electrons. The molecule has 0 radical (unpaired) electrons. The van der Waals surface area contributed by atoms with E-state index in [2.05, 4.69) is 6.07 Å². The second kappa shape index (κ2) is 10.2. The van der Waals surface area contributed by atoms with Gasteiger partial charge < -0.3 is 14.5 Å². The molecule has 4 aromatic rings. The Balaban J connectivity index is 0.00000289. The quantitative estimate of drug-likeness (QED) is 0.256. The van der Waals surface area contributed by atoms with Gasteiger partial charge >= 0.3 is 29.6 Å². The van der Waals surface area contributed by atoms with Gasteiger partial charge in [-0.2, -0.15) is 5.26 Å². The number of amides is 1. The van der Waals surface area contributed by atoms with Crippen molar-refractivity contribution in [1.29, 1.82) is 5.26 Å². The number of para-hydroxylation sites is 3. The molecule has 0 unspecified atom stereocenters. The number of rotatable bonds is 4. The van der Waals surface area contributed by atoms with Gasteiger partial charge in [0.25, 0.3) is 5.91 Å². The molecule has 0 saturated heterocycles. The van der Waals surface area contributed by atoms with Crippen molar-refractivity contribution in [2.45, 2.75) is 6.54 Å². The summed E-state index contributed by atoms with van der Waals surface area (Å²) in [6.07, 6.45) is 7.03. The minimum absolute atomic E-state index is 0. The van der Waals surface area contributed by atoms with Crippen molar-refractivity contribution in [3.8, 4) is 6.07 Å². The Bertz CT molecular complexity index is 1510.